The molecule has 12 heavy (non-hydrogen) atoms. The van der Waals surface area contributed by atoms with Crippen molar-refractivity contribution in [2.24, 2.45) is 5.92 Å². The molecule has 0 aromatic heterocycles. The highest BCUT2D eigenvalue weighted by atomic mass is 32.2. The van der Waals surface area contributed by atoms with Gasteiger partial charge in [0.2, 0.25) is 0 Å². The van der Waals surface area contributed by atoms with Gasteiger partial charge in [0.05, 0.1) is 0 Å². The molecule has 1 aliphatic heterocycles. The molecular formula is C9H18FNS. The maximum atomic E-state index is 14.0. The Morgan fingerprint density at radius 1 is 1.33 bits per heavy atom. The number of piperidine rings is 1. The third kappa shape index (κ3) is 2.13. The Morgan fingerprint density at radius 3 is 2.17 bits per heavy atom. The van der Waals surface area contributed by atoms with Crippen LogP contribution in [0.25, 0.3) is 0 Å². The first kappa shape index (κ1) is 10.3. The van der Waals surface area contributed by atoms with E-state index in [9.17, 15) is 4.39 Å². The smallest absolute Gasteiger partial charge is 0.115 e. The molecule has 1 nitrogen and oxygen atoms in total. The van der Waals surface area contributed by atoms with Crippen molar-refractivity contribution in [2.45, 2.75) is 32.4 Å². The van der Waals surface area contributed by atoms with Gasteiger partial charge in [0.25, 0.3) is 0 Å². The molecule has 1 heterocycles. The Kier molecular flexibility index (Phi) is 3.41. The van der Waals surface area contributed by atoms with Crippen molar-refractivity contribution in [2.75, 3.05) is 19.3 Å². The predicted molar refractivity (Wildman–Crippen MR) is 53.0 cm³/mol. The molecule has 72 valence electrons. The summed E-state index contributed by atoms with van der Waals surface area (Å²) in [6, 6.07) is 0. The SMILES string of the molecule is CSN1CCC(F)(C(C)C)CC1. The molecule has 0 unspecified atom stereocenters. The summed E-state index contributed by atoms with van der Waals surface area (Å²) in [5.41, 5.74) is -0.897. The topological polar surface area (TPSA) is 3.24 Å². The normalized spacial score (nSPS) is 24.8. The van der Waals surface area contributed by atoms with E-state index in [1.54, 1.807) is 11.9 Å². The van der Waals surface area contributed by atoms with Gasteiger partial charge < -0.3 is 0 Å². The molecule has 0 aliphatic carbocycles. The van der Waals surface area contributed by atoms with Gasteiger partial charge >= 0.3 is 0 Å². The van der Waals surface area contributed by atoms with Crippen molar-refractivity contribution in [1.82, 2.24) is 4.31 Å². The Hall–Kier alpha value is 0.240. The second-order valence-electron chi connectivity index (χ2n) is 3.80. The van der Waals surface area contributed by atoms with E-state index in [4.69, 9.17) is 0 Å². The molecule has 0 aromatic carbocycles. The third-order valence-electron chi connectivity index (χ3n) is 2.85. The van der Waals surface area contributed by atoms with Crippen molar-refractivity contribution in [3.63, 3.8) is 0 Å². The average molecular weight is 191 g/mol. The van der Waals surface area contributed by atoms with E-state index in [0.29, 0.717) is 12.8 Å². The van der Waals surface area contributed by atoms with Crippen LogP contribution in [0.3, 0.4) is 0 Å². The van der Waals surface area contributed by atoms with Crippen LogP contribution in [0.1, 0.15) is 26.7 Å². The van der Waals surface area contributed by atoms with Gasteiger partial charge in [-0.05, 0) is 25.0 Å². The number of hydrogen-bond acceptors (Lipinski definition) is 2. The number of rotatable bonds is 2. The number of halogens is 1. The van der Waals surface area contributed by atoms with Gasteiger partial charge in [-0.15, -0.1) is 0 Å². The van der Waals surface area contributed by atoms with Crippen LogP contribution in [0.15, 0.2) is 0 Å². The lowest BCUT2D eigenvalue weighted by Crippen LogP contribution is -2.41. The van der Waals surface area contributed by atoms with Gasteiger partial charge in [0.15, 0.2) is 0 Å². The van der Waals surface area contributed by atoms with Crippen LogP contribution < -0.4 is 0 Å². The van der Waals surface area contributed by atoms with Crippen LogP contribution in [0.4, 0.5) is 4.39 Å². The summed E-state index contributed by atoms with van der Waals surface area (Å²) in [6.45, 7) is 5.76. The molecule has 0 saturated carbocycles. The Bertz CT molecular complexity index is 141. The highest BCUT2D eigenvalue weighted by molar-refractivity contribution is 7.96. The molecule has 0 bridgehead atoms. The van der Waals surface area contributed by atoms with Crippen LogP contribution in [0.5, 0.6) is 0 Å². The molecule has 1 aliphatic rings. The lowest BCUT2D eigenvalue weighted by molar-refractivity contribution is 0.0445. The van der Waals surface area contributed by atoms with Crippen molar-refractivity contribution < 1.29 is 4.39 Å². The van der Waals surface area contributed by atoms with E-state index in [-0.39, 0.29) is 5.92 Å². The number of hydrogen-bond donors (Lipinski definition) is 0. The molecule has 1 fully saturated rings. The second-order valence-corrected chi connectivity index (χ2v) is 4.68. The van der Waals surface area contributed by atoms with Crippen LogP contribution in [0, 0.1) is 5.92 Å². The maximum Gasteiger partial charge on any atom is 0.115 e. The van der Waals surface area contributed by atoms with E-state index in [1.165, 1.54) is 0 Å². The van der Waals surface area contributed by atoms with Crippen LogP contribution >= 0.6 is 11.9 Å². The summed E-state index contributed by atoms with van der Waals surface area (Å²) in [4.78, 5) is 0. The Morgan fingerprint density at radius 2 is 1.83 bits per heavy atom. The zero-order valence-electron chi connectivity index (χ0n) is 8.14. The molecule has 0 amide bonds. The quantitative estimate of drug-likeness (QED) is 0.617. The van der Waals surface area contributed by atoms with E-state index in [1.807, 2.05) is 13.8 Å². The largest absolute Gasteiger partial charge is 0.251 e. The summed E-state index contributed by atoms with van der Waals surface area (Å²) in [5, 5.41) is 0. The molecule has 1 rings (SSSR count). The van der Waals surface area contributed by atoms with Crippen molar-refractivity contribution in [3.8, 4) is 0 Å². The van der Waals surface area contributed by atoms with Crippen molar-refractivity contribution >= 4 is 11.9 Å². The minimum atomic E-state index is -0.897. The lowest BCUT2D eigenvalue weighted by Gasteiger charge is -2.37. The fourth-order valence-electron chi connectivity index (χ4n) is 1.62. The summed E-state index contributed by atoms with van der Waals surface area (Å²) >= 11 is 1.72. The molecule has 0 atom stereocenters. The first-order valence-corrected chi connectivity index (χ1v) is 5.74. The molecule has 0 N–H and O–H groups in total. The summed E-state index contributed by atoms with van der Waals surface area (Å²) in [6.07, 6.45) is 3.46. The Labute approximate surface area is 78.8 Å². The summed E-state index contributed by atoms with van der Waals surface area (Å²) < 4.78 is 16.2. The van der Waals surface area contributed by atoms with Gasteiger partial charge in [-0.2, -0.15) is 0 Å². The van der Waals surface area contributed by atoms with Crippen LogP contribution in [-0.4, -0.2) is 29.3 Å². The monoisotopic (exact) mass is 191 g/mol. The highest BCUT2D eigenvalue weighted by Gasteiger charge is 2.37. The molecule has 0 spiro atoms. The van der Waals surface area contributed by atoms with Gasteiger partial charge in [-0.1, -0.05) is 25.8 Å². The summed E-state index contributed by atoms with van der Waals surface area (Å²) in [5.74, 6) is 0.168. The number of nitrogens with zero attached hydrogens (tertiary/aromatic N) is 1. The summed E-state index contributed by atoms with van der Waals surface area (Å²) in [7, 11) is 0. The third-order valence-corrected chi connectivity index (χ3v) is 3.73. The maximum absolute atomic E-state index is 14.0. The molecule has 0 aromatic rings. The number of alkyl halides is 1. The minimum Gasteiger partial charge on any atom is -0.251 e. The molecule has 0 radical (unpaired) electrons. The molecular weight excluding hydrogens is 173 g/mol. The molecule has 3 heteroatoms. The van der Waals surface area contributed by atoms with E-state index in [2.05, 4.69) is 10.6 Å². The fraction of sp³-hybridized carbons (Fsp3) is 1.00. The van der Waals surface area contributed by atoms with Gasteiger partial charge in [0.1, 0.15) is 5.67 Å². The zero-order chi connectivity index (χ0) is 9.19. The first-order valence-electron chi connectivity index (χ1n) is 4.56. The van der Waals surface area contributed by atoms with Crippen molar-refractivity contribution in [3.05, 3.63) is 0 Å². The van der Waals surface area contributed by atoms with Crippen LogP contribution in [0.2, 0.25) is 0 Å². The second kappa shape index (κ2) is 3.97. The standard InChI is InChI=1S/C9H18FNS/c1-8(2)9(10)4-6-11(12-3)7-5-9/h8H,4-7H2,1-3H3. The van der Waals surface area contributed by atoms with E-state index < -0.39 is 5.67 Å². The molecule has 1 saturated heterocycles. The zero-order valence-corrected chi connectivity index (χ0v) is 8.96. The van der Waals surface area contributed by atoms with Crippen molar-refractivity contribution in [1.29, 1.82) is 0 Å². The van der Waals surface area contributed by atoms with Gasteiger partial charge in [-0.3, -0.25) is 4.31 Å². The highest BCUT2D eigenvalue weighted by Crippen LogP contribution is 2.34. The Balaban J connectivity index is 2.44. The minimum absolute atomic E-state index is 0.168. The van der Waals surface area contributed by atoms with E-state index in [0.717, 1.165) is 13.1 Å². The van der Waals surface area contributed by atoms with Crippen LogP contribution in [-0.2, 0) is 0 Å². The first-order chi connectivity index (χ1) is 5.58. The average Bonchev–Trinajstić information content (AvgIpc) is 2.06. The predicted octanol–water partition coefficient (Wildman–Crippen LogP) is 2.72. The lowest BCUT2D eigenvalue weighted by atomic mass is 9.84. The fourth-order valence-corrected chi connectivity index (χ4v) is 2.17. The van der Waals surface area contributed by atoms with E-state index >= 15 is 0 Å². The van der Waals surface area contributed by atoms with Gasteiger partial charge in [-0.25, -0.2) is 4.39 Å². The van der Waals surface area contributed by atoms with Gasteiger partial charge in [0, 0.05) is 13.1 Å².